The average Bonchev–Trinajstić information content (AvgIpc) is 3.23. The summed E-state index contributed by atoms with van der Waals surface area (Å²) < 4.78 is 8.82. The highest BCUT2D eigenvalue weighted by Gasteiger charge is 2.20. The quantitative estimate of drug-likeness (QED) is 0.426. The molecule has 3 aromatic rings. The lowest BCUT2D eigenvalue weighted by molar-refractivity contribution is -0.113. The lowest BCUT2D eigenvalue weighted by atomic mass is 10.4. The predicted molar refractivity (Wildman–Crippen MR) is 113 cm³/mol. The Hall–Kier alpha value is -2.93. The van der Waals surface area contributed by atoms with Gasteiger partial charge in [-0.25, -0.2) is 19.6 Å². The number of nitrogens with zero attached hydrogens (tertiary/aromatic N) is 5. The van der Waals surface area contributed by atoms with Gasteiger partial charge >= 0.3 is 11.7 Å². The van der Waals surface area contributed by atoms with Crippen molar-refractivity contribution < 1.29 is 14.3 Å². The third-order valence-corrected chi connectivity index (χ3v) is 6.35. The number of thioether (sulfide) groups is 1. The molecule has 11 nitrogen and oxygen atoms in total. The summed E-state index contributed by atoms with van der Waals surface area (Å²) in [4.78, 5) is 57.5. The second kappa shape index (κ2) is 8.44. The number of hydrogen-bond acceptors (Lipinski definition) is 9. The van der Waals surface area contributed by atoms with Crippen LogP contribution in [-0.4, -0.2) is 47.9 Å². The molecule has 0 aliphatic heterocycles. The summed E-state index contributed by atoms with van der Waals surface area (Å²) in [5.74, 6) is -0.828. The summed E-state index contributed by atoms with van der Waals surface area (Å²) in [6.07, 6.45) is 0. The molecule has 3 heterocycles. The van der Waals surface area contributed by atoms with Crippen molar-refractivity contribution in [1.29, 1.82) is 0 Å². The van der Waals surface area contributed by atoms with Gasteiger partial charge in [-0.05, 0) is 13.8 Å². The molecule has 0 spiro atoms. The molecule has 13 heteroatoms. The minimum Gasteiger partial charge on any atom is -0.462 e. The van der Waals surface area contributed by atoms with Crippen LogP contribution < -0.4 is 16.6 Å². The Balaban J connectivity index is 1.76. The fraction of sp³-hybridized carbons (Fsp3) is 0.412. The number of nitrogens with one attached hydrogen (secondary N) is 1. The first-order valence-corrected chi connectivity index (χ1v) is 10.7. The largest absolute Gasteiger partial charge is 0.462 e. The van der Waals surface area contributed by atoms with Crippen LogP contribution in [0.4, 0.5) is 5.13 Å². The van der Waals surface area contributed by atoms with Crippen molar-refractivity contribution in [3.05, 3.63) is 31.4 Å². The molecular formula is C17H20N6O5S2. The number of imidazole rings is 1. The molecule has 0 unspecified atom stereocenters. The molecule has 0 fully saturated rings. The lowest BCUT2D eigenvalue weighted by Gasteiger charge is -2.03. The van der Waals surface area contributed by atoms with Gasteiger partial charge in [0.05, 0.1) is 18.1 Å². The van der Waals surface area contributed by atoms with Crippen molar-refractivity contribution in [2.75, 3.05) is 17.7 Å². The number of esters is 1. The molecule has 1 N–H and O–H groups in total. The highest BCUT2D eigenvalue weighted by Crippen LogP contribution is 2.24. The van der Waals surface area contributed by atoms with Crippen LogP contribution in [0.25, 0.3) is 11.2 Å². The van der Waals surface area contributed by atoms with Crippen LogP contribution in [0, 0.1) is 6.92 Å². The van der Waals surface area contributed by atoms with Crippen molar-refractivity contribution in [2.45, 2.75) is 19.0 Å². The first kappa shape index (κ1) is 21.8. The number of carbonyl (C=O) groups excluding carboxylic acids is 2. The van der Waals surface area contributed by atoms with Crippen LogP contribution in [0.2, 0.25) is 0 Å². The Bertz CT molecular complexity index is 1270. The molecule has 0 aliphatic rings. The molecule has 160 valence electrons. The molecular weight excluding hydrogens is 432 g/mol. The van der Waals surface area contributed by atoms with E-state index in [1.54, 1.807) is 25.5 Å². The third kappa shape index (κ3) is 3.89. The minimum atomic E-state index is -0.478. The zero-order valence-corrected chi connectivity index (χ0v) is 18.6. The molecule has 1 amide bonds. The number of hydrogen-bond donors (Lipinski definition) is 1. The number of fused-ring (bicyclic) bond motifs is 1. The van der Waals surface area contributed by atoms with Gasteiger partial charge in [-0.3, -0.25) is 18.7 Å². The maximum atomic E-state index is 12.4. The summed E-state index contributed by atoms with van der Waals surface area (Å²) in [5, 5.41) is 3.36. The van der Waals surface area contributed by atoms with Crippen molar-refractivity contribution in [1.82, 2.24) is 23.7 Å². The first-order chi connectivity index (χ1) is 14.1. The van der Waals surface area contributed by atoms with Gasteiger partial charge in [0.15, 0.2) is 21.5 Å². The number of carbonyl (C=O) groups is 2. The maximum Gasteiger partial charge on any atom is 0.350 e. The van der Waals surface area contributed by atoms with Gasteiger partial charge in [0.25, 0.3) is 5.56 Å². The lowest BCUT2D eigenvalue weighted by Crippen LogP contribution is -2.37. The van der Waals surface area contributed by atoms with E-state index in [9.17, 15) is 19.2 Å². The topological polar surface area (TPSA) is 130 Å². The summed E-state index contributed by atoms with van der Waals surface area (Å²) >= 11 is 2.16. The summed E-state index contributed by atoms with van der Waals surface area (Å²) in [6.45, 7) is 3.63. The first-order valence-electron chi connectivity index (χ1n) is 8.85. The number of ether oxygens (including phenoxy) is 1. The number of aromatic nitrogens is 5. The molecule has 0 saturated carbocycles. The molecule has 3 aromatic heterocycles. The van der Waals surface area contributed by atoms with Crippen LogP contribution in [0.15, 0.2) is 14.7 Å². The fourth-order valence-corrected chi connectivity index (χ4v) is 4.39. The fourth-order valence-electron chi connectivity index (χ4n) is 2.75. The van der Waals surface area contributed by atoms with E-state index in [1.807, 2.05) is 0 Å². The Labute approximate surface area is 178 Å². The van der Waals surface area contributed by atoms with E-state index in [2.05, 4.69) is 15.3 Å². The molecule has 0 aliphatic carbocycles. The van der Waals surface area contributed by atoms with Gasteiger partial charge in [0.1, 0.15) is 4.88 Å². The number of amides is 1. The summed E-state index contributed by atoms with van der Waals surface area (Å²) in [5.41, 5.74) is 0.0781. The van der Waals surface area contributed by atoms with Crippen molar-refractivity contribution in [3.63, 3.8) is 0 Å². The van der Waals surface area contributed by atoms with E-state index in [0.717, 1.165) is 27.7 Å². The second-order valence-corrected chi connectivity index (χ2v) is 8.26. The second-order valence-electron chi connectivity index (χ2n) is 6.32. The molecule has 0 aromatic carbocycles. The standard InChI is InChI=1S/C17H20N6O5S2/c1-6-28-14(26)11-8(2)18-15(30-11)19-9(24)7-29-16-20-12-10(21(16)3)13(25)23(5)17(27)22(12)4/h6-7H2,1-5H3,(H,18,19,24). The van der Waals surface area contributed by atoms with Crippen LogP contribution in [-0.2, 0) is 30.7 Å². The van der Waals surface area contributed by atoms with Crippen LogP contribution >= 0.6 is 23.1 Å². The van der Waals surface area contributed by atoms with Crippen molar-refractivity contribution in [2.24, 2.45) is 21.1 Å². The van der Waals surface area contributed by atoms with E-state index in [0.29, 0.717) is 20.9 Å². The number of aryl methyl sites for hydroxylation is 3. The summed E-state index contributed by atoms with van der Waals surface area (Å²) in [7, 11) is 4.58. The predicted octanol–water partition coefficient (Wildman–Crippen LogP) is 0.643. The average molecular weight is 453 g/mol. The normalized spacial score (nSPS) is 11.1. The molecule has 0 bridgehead atoms. The molecule has 0 radical (unpaired) electrons. The van der Waals surface area contributed by atoms with Crippen LogP contribution in [0.3, 0.4) is 0 Å². The zero-order valence-electron chi connectivity index (χ0n) is 17.0. The molecule has 0 saturated heterocycles. The van der Waals surface area contributed by atoms with Gasteiger partial charge < -0.3 is 14.6 Å². The minimum absolute atomic E-state index is 0.00120. The zero-order chi connectivity index (χ0) is 22.2. The van der Waals surface area contributed by atoms with E-state index in [-0.39, 0.29) is 29.4 Å². The SMILES string of the molecule is CCOC(=O)c1sc(NC(=O)CSc2nc3c(c(=O)n(C)c(=O)n3C)n2C)nc1C. The van der Waals surface area contributed by atoms with Gasteiger partial charge in [-0.15, -0.1) is 0 Å². The van der Waals surface area contributed by atoms with Crippen LogP contribution in [0.1, 0.15) is 22.3 Å². The summed E-state index contributed by atoms with van der Waals surface area (Å²) in [6, 6.07) is 0. The van der Waals surface area contributed by atoms with E-state index >= 15 is 0 Å². The van der Waals surface area contributed by atoms with Gasteiger partial charge in [0, 0.05) is 21.1 Å². The monoisotopic (exact) mass is 452 g/mol. The molecule has 3 rings (SSSR count). The highest BCUT2D eigenvalue weighted by molar-refractivity contribution is 7.99. The van der Waals surface area contributed by atoms with Gasteiger partial charge in [0.2, 0.25) is 5.91 Å². The Morgan fingerprint density at radius 3 is 2.50 bits per heavy atom. The van der Waals surface area contributed by atoms with E-state index < -0.39 is 17.2 Å². The number of anilines is 1. The highest BCUT2D eigenvalue weighted by atomic mass is 32.2. The van der Waals surface area contributed by atoms with E-state index in [1.165, 1.54) is 18.7 Å². The van der Waals surface area contributed by atoms with Crippen molar-refractivity contribution in [3.8, 4) is 0 Å². The Morgan fingerprint density at radius 1 is 1.13 bits per heavy atom. The van der Waals surface area contributed by atoms with E-state index in [4.69, 9.17) is 4.74 Å². The number of rotatable bonds is 6. The van der Waals surface area contributed by atoms with Gasteiger partial charge in [-0.1, -0.05) is 23.1 Å². The third-order valence-electron chi connectivity index (χ3n) is 4.27. The Morgan fingerprint density at radius 2 is 1.83 bits per heavy atom. The molecule has 30 heavy (non-hydrogen) atoms. The molecule has 0 atom stereocenters. The van der Waals surface area contributed by atoms with Crippen LogP contribution in [0.5, 0.6) is 0 Å². The number of thiazole rings is 1. The Kier molecular flexibility index (Phi) is 6.12. The van der Waals surface area contributed by atoms with Crippen molar-refractivity contribution >= 4 is 51.3 Å². The van der Waals surface area contributed by atoms with Gasteiger partial charge in [-0.2, -0.15) is 0 Å². The maximum absolute atomic E-state index is 12.4. The smallest absolute Gasteiger partial charge is 0.350 e.